The van der Waals surface area contributed by atoms with E-state index in [0.29, 0.717) is 21.2 Å². The average Bonchev–Trinajstić information content (AvgIpc) is 2.79. The number of nitrogen functional groups attached to an aromatic ring is 1. The fourth-order valence-electron chi connectivity index (χ4n) is 3.20. The van der Waals surface area contributed by atoms with Gasteiger partial charge < -0.3 is 11.1 Å². The number of benzene rings is 2. The lowest BCUT2D eigenvalue weighted by atomic mass is 9.97. The minimum absolute atomic E-state index is 0.0314. The number of pyridine rings is 1. The summed E-state index contributed by atoms with van der Waals surface area (Å²) in [7, 11) is 0. The number of rotatable bonds is 6. The molecule has 1 aromatic heterocycles. The molecule has 0 saturated heterocycles. The van der Waals surface area contributed by atoms with E-state index in [1.54, 1.807) is 43.3 Å². The summed E-state index contributed by atoms with van der Waals surface area (Å²) in [5.41, 5.74) is 7.98. The Morgan fingerprint density at radius 2 is 1.70 bits per heavy atom. The van der Waals surface area contributed by atoms with Gasteiger partial charge in [-0.1, -0.05) is 65.3 Å². The van der Waals surface area contributed by atoms with E-state index in [-0.39, 0.29) is 33.9 Å². The van der Waals surface area contributed by atoms with Crippen LogP contribution in [0.1, 0.15) is 36.6 Å². The zero-order chi connectivity index (χ0) is 24.1. The molecule has 0 aliphatic rings. The number of aromatic nitrogens is 1. The Morgan fingerprint density at radius 1 is 1.06 bits per heavy atom. The molecular weight excluding hydrogens is 477 g/mol. The molecule has 2 atom stereocenters. The molecule has 0 bridgehead atoms. The fraction of sp³-hybridized carbons (Fsp3) is 0.167. The van der Waals surface area contributed by atoms with Crippen LogP contribution in [0.2, 0.25) is 10.0 Å². The normalized spacial score (nSPS) is 12.3. The Labute approximate surface area is 206 Å². The average molecular weight is 496 g/mol. The summed E-state index contributed by atoms with van der Waals surface area (Å²) in [5.74, 6) is -0.272. The highest BCUT2D eigenvalue weighted by molar-refractivity contribution is 8.00. The van der Waals surface area contributed by atoms with E-state index in [2.05, 4.69) is 16.4 Å². The van der Waals surface area contributed by atoms with Crippen LogP contribution in [0.4, 0.5) is 5.82 Å². The Bertz CT molecular complexity index is 1280. The SMILES string of the molecule is CC(Sc1nc(N)c(C#N)c(-c2ccccc2Cl)c1C#N)C(=O)NC(C)c1ccc(Cl)cc1. The van der Waals surface area contributed by atoms with Crippen LogP contribution in [0, 0.1) is 22.7 Å². The monoisotopic (exact) mass is 495 g/mol. The lowest BCUT2D eigenvalue weighted by Crippen LogP contribution is -2.33. The van der Waals surface area contributed by atoms with Crippen LogP contribution in [0.5, 0.6) is 0 Å². The number of thioether (sulfide) groups is 1. The molecule has 6 nitrogen and oxygen atoms in total. The molecule has 33 heavy (non-hydrogen) atoms. The minimum Gasteiger partial charge on any atom is -0.383 e. The number of nitrogens with two attached hydrogens (primary N) is 1. The first-order valence-corrected chi connectivity index (χ1v) is 11.5. The van der Waals surface area contributed by atoms with Gasteiger partial charge in [0.05, 0.1) is 16.9 Å². The molecular formula is C24H19Cl2N5OS. The Morgan fingerprint density at radius 3 is 2.30 bits per heavy atom. The van der Waals surface area contributed by atoms with Crippen LogP contribution in [0.3, 0.4) is 0 Å². The third-order valence-corrected chi connectivity index (χ3v) is 6.61. The van der Waals surface area contributed by atoms with Gasteiger partial charge in [-0.3, -0.25) is 4.79 Å². The second-order valence-corrected chi connectivity index (χ2v) is 9.35. The van der Waals surface area contributed by atoms with Crippen LogP contribution in [-0.4, -0.2) is 16.1 Å². The van der Waals surface area contributed by atoms with Gasteiger partial charge in [0.15, 0.2) is 0 Å². The van der Waals surface area contributed by atoms with Gasteiger partial charge in [0.2, 0.25) is 5.91 Å². The highest BCUT2D eigenvalue weighted by Gasteiger charge is 2.25. The van der Waals surface area contributed by atoms with Crippen LogP contribution in [0.15, 0.2) is 53.6 Å². The van der Waals surface area contributed by atoms with Gasteiger partial charge in [-0.05, 0) is 37.6 Å². The van der Waals surface area contributed by atoms with Crippen LogP contribution >= 0.6 is 35.0 Å². The van der Waals surface area contributed by atoms with Crippen LogP contribution in [-0.2, 0) is 4.79 Å². The molecule has 0 spiro atoms. The summed E-state index contributed by atoms with van der Waals surface area (Å²) in [5, 5.41) is 23.2. The zero-order valence-electron chi connectivity index (χ0n) is 17.8. The standard InChI is InChI=1S/C24H19Cl2N5OS/c1-13(15-7-9-16(25)10-8-15)30-23(32)14(2)33-24-19(12-28)21(18(11-27)22(29)31-24)17-5-3-4-6-20(17)26/h3-10,13-14H,1-2H3,(H2,29,31)(H,30,32). The van der Waals surface area contributed by atoms with Crippen molar-refractivity contribution < 1.29 is 4.79 Å². The molecule has 2 aromatic carbocycles. The molecule has 2 unspecified atom stereocenters. The third kappa shape index (κ3) is 5.40. The zero-order valence-corrected chi connectivity index (χ0v) is 20.1. The summed E-state index contributed by atoms with van der Waals surface area (Å²) in [6.07, 6.45) is 0. The Kier molecular flexibility index (Phi) is 7.84. The van der Waals surface area contributed by atoms with Crippen molar-refractivity contribution in [2.24, 2.45) is 0 Å². The number of nitrogens with one attached hydrogen (secondary N) is 1. The number of hydrogen-bond donors (Lipinski definition) is 2. The number of hydrogen-bond acceptors (Lipinski definition) is 6. The van der Waals surface area contributed by atoms with Gasteiger partial charge >= 0.3 is 0 Å². The van der Waals surface area contributed by atoms with E-state index in [1.807, 2.05) is 25.1 Å². The highest BCUT2D eigenvalue weighted by Crippen LogP contribution is 2.39. The molecule has 3 rings (SSSR count). The largest absolute Gasteiger partial charge is 0.383 e. The summed E-state index contributed by atoms with van der Waals surface area (Å²) in [6.45, 7) is 3.58. The molecule has 0 fully saturated rings. The number of anilines is 1. The van der Waals surface area contributed by atoms with Gasteiger partial charge in [-0.2, -0.15) is 10.5 Å². The molecule has 0 aliphatic heterocycles. The summed E-state index contributed by atoms with van der Waals surface area (Å²) < 4.78 is 0. The van der Waals surface area contributed by atoms with Crippen molar-refractivity contribution in [1.29, 1.82) is 10.5 Å². The van der Waals surface area contributed by atoms with E-state index in [9.17, 15) is 15.3 Å². The second-order valence-electron chi connectivity index (χ2n) is 7.17. The third-order valence-electron chi connectivity index (χ3n) is 4.95. The number of nitriles is 2. The summed E-state index contributed by atoms with van der Waals surface area (Å²) in [4.78, 5) is 17.1. The van der Waals surface area contributed by atoms with Crippen LogP contribution < -0.4 is 11.1 Å². The fourth-order valence-corrected chi connectivity index (χ4v) is 4.49. The maximum Gasteiger partial charge on any atom is 0.233 e. The quantitative estimate of drug-likeness (QED) is 0.421. The van der Waals surface area contributed by atoms with Crippen molar-refractivity contribution in [3.8, 4) is 23.3 Å². The van der Waals surface area contributed by atoms with Crippen molar-refractivity contribution in [2.45, 2.75) is 30.2 Å². The Hall–Kier alpha value is -3.23. The van der Waals surface area contributed by atoms with E-state index < -0.39 is 5.25 Å². The lowest BCUT2D eigenvalue weighted by molar-refractivity contribution is -0.120. The van der Waals surface area contributed by atoms with E-state index in [4.69, 9.17) is 28.9 Å². The topological polar surface area (TPSA) is 116 Å². The molecule has 0 aliphatic carbocycles. The lowest BCUT2D eigenvalue weighted by Gasteiger charge is -2.19. The molecule has 3 N–H and O–H groups in total. The molecule has 166 valence electrons. The van der Waals surface area contributed by atoms with Crippen molar-refractivity contribution in [3.05, 3.63) is 75.3 Å². The van der Waals surface area contributed by atoms with Crippen molar-refractivity contribution >= 4 is 46.7 Å². The molecule has 0 saturated carbocycles. The first-order chi connectivity index (χ1) is 15.8. The van der Waals surface area contributed by atoms with Gasteiger partial charge in [-0.15, -0.1) is 0 Å². The van der Waals surface area contributed by atoms with Crippen molar-refractivity contribution in [2.75, 3.05) is 5.73 Å². The molecule has 9 heteroatoms. The van der Waals surface area contributed by atoms with Crippen molar-refractivity contribution in [3.63, 3.8) is 0 Å². The van der Waals surface area contributed by atoms with E-state index in [1.165, 1.54) is 0 Å². The molecule has 3 aromatic rings. The maximum absolute atomic E-state index is 12.8. The van der Waals surface area contributed by atoms with Gasteiger partial charge in [-0.25, -0.2) is 4.98 Å². The van der Waals surface area contributed by atoms with Crippen LogP contribution in [0.25, 0.3) is 11.1 Å². The number of amides is 1. The smallest absolute Gasteiger partial charge is 0.233 e. The van der Waals surface area contributed by atoms with Gasteiger partial charge in [0, 0.05) is 21.2 Å². The molecule has 0 radical (unpaired) electrons. The predicted octanol–water partition coefficient (Wildman–Crippen LogP) is 5.74. The Balaban J connectivity index is 1.92. The predicted molar refractivity (Wildman–Crippen MR) is 132 cm³/mol. The number of carbonyl (C=O) groups excluding carboxylic acids is 1. The van der Waals surface area contributed by atoms with Gasteiger partial charge in [0.25, 0.3) is 0 Å². The van der Waals surface area contributed by atoms with Crippen molar-refractivity contribution in [1.82, 2.24) is 10.3 Å². The number of carbonyl (C=O) groups is 1. The first-order valence-electron chi connectivity index (χ1n) is 9.87. The van der Waals surface area contributed by atoms with Gasteiger partial charge in [0.1, 0.15) is 28.5 Å². The maximum atomic E-state index is 12.8. The second kappa shape index (κ2) is 10.6. The van der Waals surface area contributed by atoms with E-state index in [0.717, 1.165) is 17.3 Å². The molecule has 1 heterocycles. The first kappa shape index (κ1) is 24.4. The summed E-state index contributed by atoms with van der Waals surface area (Å²) >= 11 is 13.4. The molecule has 1 amide bonds. The number of nitrogens with zero attached hydrogens (tertiary/aromatic N) is 3. The minimum atomic E-state index is -0.592. The summed E-state index contributed by atoms with van der Waals surface area (Å²) in [6, 6.07) is 18.0. The van der Waals surface area contributed by atoms with E-state index >= 15 is 0 Å². The number of halogens is 2. The highest BCUT2D eigenvalue weighted by atomic mass is 35.5.